The lowest BCUT2D eigenvalue weighted by Crippen LogP contribution is -2.41. The second-order valence-electron chi connectivity index (χ2n) is 7.04. The van der Waals surface area contributed by atoms with Gasteiger partial charge in [0.15, 0.2) is 11.6 Å². The first-order valence-electron chi connectivity index (χ1n) is 9.04. The van der Waals surface area contributed by atoms with E-state index in [0.29, 0.717) is 12.8 Å². The van der Waals surface area contributed by atoms with Gasteiger partial charge in [0.1, 0.15) is 0 Å². The molecule has 2 aromatic carbocycles. The van der Waals surface area contributed by atoms with E-state index >= 15 is 0 Å². The highest BCUT2D eigenvalue weighted by Crippen LogP contribution is 2.24. The first-order valence-corrected chi connectivity index (χ1v) is 10.6. The van der Waals surface area contributed by atoms with E-state index in [1.807, 2.05) is 25.1 Å². The predicted octanol–water partition coefficient (Wildman–Crippen LogP) is 3.45. The van der Waals surface area contributed by atoms with Crippen LogP contribution in [0.15, 0.2) is 42.5 Å². The summed E-state index contributed by atoms with van der Waals surface area (Å²) < 4.78 is 52.9. The van der Waals surface area contributed by atoms with Crippen molar-refractivity contribution >= 4 is 21.6 Å². The number of carbonyl (C=O) groups is 1. The van der Waals surface area contributed by atoms with Gasteiger partial charge >= 0.3 is 0 Å². The summed E-state index contributed by atoms with van der Waals surface area (Å²) in [6.45, 7) is 2.42. The van der Waals surface area contributed by atoms with Crippen LogP contribution in [0.4, 0.5) is 14.5 Å². The lowest BCUT2D eigenvalue weighted by molar-refractivity contribution is -0.120. The van der Waals surface area contributed by atoms with Gasteiger partial charge in [-0.15, -0.1) is 0 Å². The Balaban J connectivity index is 1.57. The lowest BCUT2D eigenvalue weighted by atomic mass is 9.97. The number of hydrogen-bond donors (Lipinski definition) is 1. The van der Waals surface area contributed by atoms with Crippen LogP contribution in [0, 0.1) is 24.5 Å². The number of carbonyl (C=O) groups excluding carboxylic acids is 1. The fourth-order valence-electron chi connectivity index (χ4n) is 3.32. The molecule has 1 aliphatic rings. The number of benzene rings is 2. The summed E-state index contributed by atoms with van der Waals surface area (Å²) >= 11 is 0. The zero-order valence-electron chi connectivity index (χ0n) is 15.5. The monoisotopic (exact) mass is 408 g/mol. The number of hydrogen-bond acceptors (Lipinski definition) is 3. The number of sulfonamides is 1. The van der Waals surface area contributed by atoms with Crippen LogP contribution in [0.3, 0.4) is 0 Å². The van der Waals surface area contributed by atoms with E-state index in [0.717, 1.165) is 23.3 Å². The summed E-state index contributed by atoms with van der Waals surface area (Å²) in [5.74, 6) is -2.78. The summed E-state index contributed by atoms with van der Waals surface area (Å²) in [7, 11) is -3.46. The van der Waals surface area contributed by atoms with E-state index in [1.54, 1.807) is 6.07 Å². The topological polar surface area (TPSA) is 66.5 Å². The number of aryl methyl sites for hydroxylation is 1. The molecule has 0 saturated carbocycles. The molecule has 0 aliphatic carbocycles. The zero-order chi connectivity index (χ0) is 20.3. The van der Waals surface area contributed by atoms with Crippen molar-refractivity contribution in [2.45, 2.75) is 25.5 Å². The molecule has 1 heterocycles. The number of piperidine rings is 1. The summed E-state index contributed by atoms with van der Waals surface area (Å²) in [6, 6.07) is 10.5. The molecule has 0 bridgehead atoms. The summed E-state index contributed by atoms with van der Waals surface area (Å²) in [5.41, 5.74) is 1.91. The highest BCUT2D eigenvalue weighted by atomic mass is 32.2. The van der Waals surface area contributed by atoms with Crippen molar-refractivity contribution in [2.24, 2.45) is 5.92 Å². The van der Waals surface area contributed by atoms with Crippen LogP contribution in [0.25, 0.3) is 0 Å². The average molecular weight is 408 g/mol. The van der Waals surface area contributed by atoms with Gasteiger partial charge in [0.25, 0.3) is 0 Å². The summed E-state index contributed by atoms with van der Waals surface area (Å²) in [6.07, 6.45) is 0.755. The van der Waals surface area contributed by atoms with Gasteiger partial charge in [-0.05, 0) is 37.5 Å². The molecule has 1 fully saturated rings. The van der Waals surface area contributed by atoms with Crippen molar-refractivity contribution in [3.63, 3.8) is 0 Å². The fourth-order valence-corrected chi connectivity index (χ4v) is 4.87. The quantitative estimate of drug-likeness (QED) is 0.824. The second kappa shape index (κ2) is 8.36. The van der Waals surface area contributed by atoms with Gasteiger partial charge in [0, 0.05) is 30.8 Å². The molecule has 1 aliphatic heterocycles. The van der Waals surface area contributed by atoms with Gasteiger partial charge in [0.05, 0.1) is 5.75 Å². The van der Waals surface area contributed by atoms with Crippen LogP contribution < -0.4 is 5.32 Å². The van der Waals surface area contributed by atoms with E-state index < -0.39 is 21.7 Å². The molecule has 0 aromatic heterocycles. The Bertz CT molecular complexity index is 971. The highest BCUT2D eigenvalue weighted by Gasteiger charge is 2.31. The largest absolute Gasteiger partial charge is 0.326 e. The average Bonchev–Trinajstić information content (AvgIpc) is 2.64. The van der Waals surface area contributed by atoms with Crippen molar-refractivity contribution in [3.8, 4) is 0 Å². The normalized spacial score (nSPS) is 16.1. The molecular weight excluding hydrogens is 386 g/mol. The third kappa shape index (κ3) is 4.94. The Morgan fingerprint density at radius 3 is 2.46 bits per heavy atom. The minimum absolute atomic E-state index is 0.0690. The van der Waals surface area contributed by atoms with Crippen molar-refractivity contribution in [2.75, 3.05) is 18.4 Å². The highest BCUT2D eigenvalue weighted by molar-refractivity contribution is 7.88. The van der Waals surface area contributed by atoms with Crippen molar-refractivity contribution in [1.29, 1.82) is 0 Å². The Hall–Kier alpha value is -2.32. The van der Waals surface area contributed by atoms with E-state index in [2.05, 4.69) is 5.32 Å². The molecule has 3 rings (SSSR count). The minimum Gasteiger partial charge on any atom is -0.326 e. The van der Waals surface area contributed by atoms with E-state index in [4.69, 9.17) is 0 Å². The number of amides is 1. The van der Waals surface area contributed by atoms with E-state index in [-0.39, 0.29) is 36.4 Å². The van der Waals surface area contributed by atoms with Crippen LogP contribution in [0.1, 0.15) is 24.0 Å². The van der Waals surface area contributed by atoms with Gasteiger partial charge in [-0.2, -0.15) is 0 Å². The molecule has 0 spiro atoms. The minimum atomic E-state index is -3.46. The lowest BCUT2D eigenvalue weighted by Gasteiger charge is -2.30. The SMILES string of the molecule is Cc1cccc(CS(=O)(=O)N2CCC(C(=O)Nc3ccc(F)c(F)c3)CC2)c1. The van der Waals surface area contributed by atoms with Crippen LogP contribution >= 0.6 is 0 Å². The smallest absolute Gasteiger partial charge is 0.227 e. The number of nitrogens with zero attached hydrogens (tertiary/aromatic N) is 1. The van der Waals surface area contributed by atoms with Crippen molar-refractivity contribution < 1.29 is 22.0 Å². The van der Waals surface area contributed by atoms with Crippen LogP contribution in [-0.4, -0.2) is 31.7 Å². The van der Waals surface area contributed by atoms with Crippen molar-refractivity contribution in [1.82, 2.24) is 4.31 Å². The Morgan fingerprint density at radius 1 is 1.11 bits per heavy atom. The Labute approximate surface area is 163 Å². The van der Waals surface area contributed by atoms with E-state index in [1.165, 1.54) is 10.4 Å². The van der Waals surface area contributed by atoms with Crippen LogP contribution in [0.5, 0.6) is 0 Å². The van der Waals surface area contributed by atoms with E-state index in [9.17, 15) is 22.0 Å². The third-order valence-electron chi connectivity index (χ3n) is 4.84. The maximum atomic E-state index is 13.3. The zero-order valence-corrected chi connectivity index (χ0v) is 16.3. The summed E-state index contributed by atoms with van der Waals surface area (Å²) in [5, 5.41) is 2.57. The van der Waals surface area contributed by atoms with Gasteiger partial charge in [-0.25, -0.2) is 21.5 Å². The predicted molar refractivity (Wildman–Crippen MR) is 103 cm³/mol. The molecule has 2 aromatic rings. The molecule has 28 heavy (non-hydrogen) atoms. The number of halogens is 2. The Morgan fingerprint density at radius 2 is 1.82 bits per heavy atom. The molecule has 0 radical (unpaired) electrons. The van der Waals surface area contributed by atoms with Crippen LogP contribution in [-0.2, 0) is 20.6 Å². The number of nitrogens with one attached hydrogen (secondary N) is 1. The fraction of sp³-hybridized carbons (Fsp3) is 0.350. The first kappa shape index (κ1) is 20.4. The second-order valence-corrected chi connectivity index (χ2v) is 9.01. The van der Waals surface area contributed by atoms with Crippen LogP contribution in [0.2, 0.25) is 0 Å². The van der Waals surface area contributed by atoms with Gasteiger partial charge in [0.2, 0.25) is 15.9 Å². The number of rotatable bonds is 5. The first-order chi connectivity index (χ1) is 13.2. The Kier molecular flexibility index (Phi) is 6.10. The molecule has 0 unspecified atom stereocenters. The molecule has 1 saturated heterocycles. The molecule has 1 N–H and O–H groups in total. The van der Waals surface area contributed by atoms with Crippen molar-refractivity contribution in [3.05, 3.63) is 65.2 Å². The van der Waals surface area contributed by atoms with Gasteiger partial charge < -0.3 is 5.32 Å². The maximum Gasteiger partial charge on any atom is 0.227 e. The molecular formula is C20H22F2N2O3S. The third-order valence-corrected chi connectivity index (χ3v) is 6.69. The number of anilines is 1. The molecule has 8 heteroatoms. The molecule has 5 nitrogen and oxygen atoms in total. The van der Waals surface area contributed by atoms with Gasteiger partial charge in [-0.1, -0.05) is 29.8 Å². The maximum absolute atomic E-state index is 13.3. The standard InChI is InChI=1S/C20H22F2N2O3S/c1-14-3-2-4-15(11-14)13-28(26,27)24-9-7-16(8-10-24)20(25)23-17-5-6-18(21)19(22)12-17/h2-6,11-12,16H,7-10,13H2,1H3,(H,23,25). The van der Waals surface area contributed by atoms with Gasteiger partial charge in [-0.3, -0.25) is 4.79 Å². The molecule has 150 valence electrons. The summed E-state index contributed by atoms with van der Waals surface area (Å²) in [4.78, 5) is 12.4. The molecule has 0 atom stereocenters. The molecule has 1 amide bonds.